The van der Waals surface area contributed by atoms with Gasteiger partial charge in [0.2, 0.25) is 0 Å². The fourth-order valence-electron chi connectivity index (χ4n) is 3.42. The number of amides is 1. The van der Waals surface area contributed by atoms with E-state index >= 15 is 0 Å². The van der Waals surface area contributed by atoms with Gasteiger partial charge in [-0.3, -0.25) is 9.78 Å². The van der Waals surface area contributed by atoms with Gasteiger partial charge in [0.15, 0.2) is 9.84 Å². The van der Waals surface area contributed by atoms with Crippen LogP contribution >= 0.6 is 0 Å². The fraction of sp³-hybridized carbons (Fsp3) is 0.400. The highest BCUT2D eigenvalue weighted by molar-refractivity contribution is 7.91. The minimum absolute atomic E-state index is 0.0628. The van der Waals surface area contributed by atoms with Gasteiger partial charge in [0, 0.05) is 18.2 Å². The van der Waals surface area contributed by atoms with E-state index in [2.05, 4.69) is 4.98 Å². The van der Waals surface area contributed by atoms with Crippen LogP contribution in [0.2, 0.25) is 0 Å². The topological polar surface area (TPSA) is 67.3 Å². The van der Waals surface area contributed by atoms with E-state index in [9.17, 15) is 13.2 Å². The van der Waals surface area contributed by atoms with E-state index in [0.717, 1.165) is 17.7 Å². The number of pyridine rings is 1. The largest absolute Gasteiger partial charge is 0.335 e. The number of rotatable bonds is 5. The van der Waals surface area contributed by atoms with Gasteiger partial charge >= 0.3 is 0 Å². The molecule has 1 aliphatic heterocycles. The van der Waals surface area contributed by atoms with Crippen LogP contribution in [-0.4, -0.2) is 48.3 Å². The third-order valence-electron chi connectivity index (χ3n) is 4.76. The van der Waals surface area contributed by atoms with Gasteiger partial charge in [-0.1, -0.05) is 37.3 Å². The summed E-state index contributed by atoms with van der Waals surface area (Å²) in [5, 5.41) is 0. The zero-order valence-corrected chi connectivity index (χ0v) is 16.0. The molecule has 0 bridgehead atoms. The van der Waals surface area contributed by atoms with Crippen LogP contribution in [0.25, 0.3) is 11.3 Å². The number of hydrogen-bond acceptors (Lipinski definition) is 4. The van der Waals surface area contributed by atoms with E-state index < -0.39 is 9.84 Å². The highest BCUT2D eigenvalue weighted by Gasteiger charge is 2.35. The number of carbonyl (C=O) groups excluding carboxylic acids is 1. The number of aryl methyl sites for hydroxylation is 1. The number of hydrogen-bond donors (Lipinski definition) is 0. The summed E-state index contributed by atoms with van der Waals surface area (Å²) in [5.74, 6) is 0.0985. The van der Waals surface area contributed by atoms with Crippen molar-refractivity contribution in [1.82, 2.24) is 9.88 Å². The first-order chi connectivity index (χ1) is 12.4. The monoisotopic (exact) mass is 372 g/mol. The molecule has 0 spiro atoms. The number of nitrogens with zero attached hydrogens (tertiary/aromatic N) is 2. The quantitative estimate of drug-likeness (QED) is 0.809. The van der Waals surface area contributed by atoms with Crippen molar-refractivity contribution in [2.24, 2.45) is 0 Å². The first kappa shape index (κ1) is 18.6. The third kappa shape index (κ3) is 3.96. The van der Waals surface area contributed by atoms with Crippen molar-refractivity contribution in [1.29, 1.82) is 0 Å². The number of carbonyl (C=O) groups is 1. The van der Waals surface area contributed by atoms with Crippen molar-refractivity contribution in [3.63, 3.8) is 0 Å². The van der Waals surface area contributed by atoms with Crippen molar-refractivity contribution in [3.8, 4) is 11.3 Å². The molecule has 26 heavy (non-hydrogen) atoms. The number of benzene rings is 1. The minimum Gasteiger partial charge on any atom is -0.335 e. The lowest BCUT2D eigenvalue weighted by Gasteiger charge is -2.28. The Morgan fingerprint density at radius 1 is 1.19 bits per heavy atom. The Morgan fingerprint density at radius 2 is 1.92 bits per heavy atom. The molecule has 6 heteroatoms. The highest BCUT2D eigenvalue weighted by Crippen LogP contribution is 2.23. The molecule has 1 amide bonds. The molecule has 2 aromatic rings. The average molecular weight is 372 g/mol. The van der Waals surface area contributed by atoms with E-state index in [0.29, 0.717) is 24.2 Å². The molecule has 1 aromatic carbocycles. The van der Waals surface area contributed by atoms with Gasteiger partial charge < -0.3 is 4.90 Å². The molecule has 1 aliphatic rings. The summed E-state index contributed by atoms with van der Waals surface area (Å²) in [6.45, 7) is 4.38. The maximum atomic E-state index is 13.1. The van der Waals surface area contributed by atoms with Crippen molar-refractivity contribution in [2.45, 2.75) is 32.7 Å². The summed E-state index contributed by atoms with van der Waals surface area (Å²) in [6.07, 6.45) is 1.31. The average Bonchev–Trinajstić information content (AvgIpc) is 2.99. The van der Waals surface area contributed by atoms with Gasteiger partial charge in [-0.05, 0) is 31.9 Å². The molecule has 1 aromatic heterocycles. The maximum Gasteiger partial charge on any atom is 0.255 e. The summed E-state index contributed by atoms with van der Waals surface area (Å²) in [6, 6.07) is 13.2. The summed E-state index contributed by atoms with van der Waals surface area (Å²) in [4.78, 5) is 19.4. The zero-order chi connectivity index (χ0) is 18.7. The second-order valence-electron chi connectivity index (χ2n) is 6.75. The minimum atomic E-state index is -3.04. The van der Waals surface area contributed by atoms with Crippen molar-refractivity contribution in [3.05, 3.63) is 53.7 Å². The number of sulfone groups is 1. The molecule has 0 saturated carbocycles. The van der Waals surface area contributed by atoms with Crippen LogP contribution in [0.3, 0.4) is 0 Å². The van der Waals surface area contributed by atoms with Crippen molar-refractivity contribution >= 4 is 15.7 Å². The van der Waals surface area contributed by atoms with Gasteiger partial charge in [-0.2, -0.15) is 0 Å². The third-order valence-corrected chi connectivity index (χ3v) is 6.51. The van der Waals surface area contributed by atoms with E-state index in [4.69, 9.17) is 0 Å². The van der Waals surface area contributed by atoms with Gasteiger partial charge in [0.1, 0.15) is 0 Å². The molecule has 0 aliphatic carbocycles. The summed E-state index contributed by atoms with van der Waals surface area (Å²) in [5.41, 5.74) is 3.03. The second kappa shape index (κ2) is 7.58. The normalized spacial score (nSPS) is 18.6. The van der Waals surface area contributed by atoms with E-state index in [1.165, 1.54) is 0 Å². The molecular formula is C20H24N2O3S. The standard InChI is InChI=1S/C20H24N2O3S/c1-3-12-22(17-11-13-26(24,25)14-17)20(23)18-9-10-19(21-15(18)2)16-7-5-4-6-8-16/h4-10,17H,3,11-14H2,1-2H3. The van der Waals surface area contributed by atoms with Crippen LogP contribution in [0.4, 0.5) is 0 Å². The van der Waals surface area contributed by atoms with Crippen molar-refractivity contribution < 1.29 is 13.2 Å². The zero-order valence-electron chi connectivity index (χ0n) is 15.2. The van der Waals surface area contributed by atoms with Crippen LogP contribution in [0.15, 0.2) is 42.5 Å². The van der Waals surface area contributed by atoms with Gasteiger partial charge in [-0.15, -0.1) is 0 Å². The smallest absolute Gasteiger partial charge is 0.255 e. The summed E-state index contributed by atoms with van der Waals surface area (Å²) < 4.78 is 23.7. The molecule has 5 nitrogen and oxygen atoms in total. The first-order valence-corrected chi connectivity index (χ1v) is 10.8. The molecule has 1 atom stereocenters. The molecule has 0 radical (unpaired) electrons. The molecule has 3 rings (SSSR count). The highest BCUT2D eigenvalue weighted by atomic mass is 32.2. The molecule has 1 fully saturated rings. The Balaban J connectivity index is 1.88. The second-order valence-corrected chi connectivity index (χ2v) is 8.98. The van der Waals surface area contributed by atoms with E-state index in [1.807, 2.05) is 50.2 Å². The Bertz CT molecular complexity index is 895. The van der Waals surface area contributed by atoms with Gasteiger partial charge in [0.05, 0.1) is 28.5 Å². The summed E-state index contributed by atoms with van der Waals surface area (Å²) >= 11 is 0. The molecule has 0 N–H and O–H groups in total. The lowest BCUT2D eigenvalue weighted by Crippen LogP contribution is -2.42. The van der Waals surface area contributed by atoms with Crippen LogP contribution in [0, 0.1) is 6.92 Å². The van der Waals surface area contributed by atoms with Crippen LogP contribution in [-0.2, 0) is 9.84 Å². The molecule has 1 saturated heterocycles. The Hall–Kier alpha value is -2.21. The Morgan fingerprint density at radius 3 is 2.50 bits per heavy atom. The predicted molar refractivity (Wildman–Crippen MR) is 103 cm³/mol. The van der Waals surface area contributed by atoms with Gasteiger partial charge in [0.25, 0.3) is 5.91 Å². The maximum absolute atomic E-state index is 13.1. The van der Waals surface area contributed by atoms with Crippen LogP contribution in [0.1, 0.15) is 35.8 Å². The molecule has 138 valence electrons. The molecule has 1 unspecified atom stereocenters. The van der Waals surface area contributed by atoms with E-state index in [-0.39, 0.29) is 23.5 Å². The van der Waals surface area contributed by atoms with Crippen LogP contribution in [0.5, 0.6) is 0 Å². The lowest BCUT2D eigenvalue weighted by atomic mass is 10.1. The number of aromatic nitrogens is 1. The van der Waals surface area contributed by atoms with Gasteiger partial charge in [-0.25, -0.2) is 8.42 Å². The molecular weight excluding hydrogens is 348 g/mol. The predicted octanol–water partition coefficient (Wildman–Crippen LogP) is 3.10. The fourth-order valence-corrected chi connectivity index (χ4v) is 5.15. The van der Waals surface area contributed by atoms with E-state index in [1.54, 1.807) is 11.0 Å². The Labute approximate surface area is 155 Å². The molecule has 2 heterocycles. The van der Waals surface area contributed by atoms with Crippen molar-refractivity contribution in [2.75, 3.05) is 18.1 Å². The SMILES string of the molecule is CCCN(C(=O)c1ccc(-c2ccccc2)nc1C)C1CCS(=O)(=O)C1. The first-order valence-electron chi connectivity index (χ1n) is 8.96. The van der Waals surface area contributed by atoms with Crippen LogP contribution < -0.4 is 0 Å². The summed E-state index contributed by atoms with van der Waals surface area (Å²) in [7, 11) is -3.04. The lowest BCUT2D eigenvalue weighted by molar-refractivity contribution is 0.0696. The Kier molecular flexibility index (Phi) is 5.41.